The third-order valence-corrected chi connectivity index (χ3v) is 5.61. The lowest BCUT2D eigenvalue weighted by atomic mass is 10.1. The molecule has 1 fully saturated rings. The Morgan fingerprint density at radius 2 is 1.81 bits per heavy atom. The lowest BCUT2D eigenvalue weighted by molar-refractivity contribution is -0.137. The molecule has 0 radical (unpaired) electrons. The van der Waals surface area contributed by atoms with E-state index in [0.717, 1.165) is 44.5 Å². The van der Waals surface area contributed by atoms with Crippen LogP contribution in [-0.2, 0) is 17.5 Å². The number of halogens is 3. The number of aromatic nitrogens is 2. The van der Waals surface area contributed by atoms with Gasteiger partial charge in [-0.1, -0.05) is 12.1 Å². The molecule has 2 aromatic carbocycles. The van der Waals surface area contributed by atoms with Crippen molar-refractivity contribution in [2.45, 2.75) is 38.4 Å². The smallest absolute Gasteiger partial charge is 0.370 e. The zero-order valence-corrected chi connectivity index (χ0v) is 17.4. The Morgan fingerprint density at radius 3 is 2.56 bits per heavy atom. The number of aryl methyl sites for hydroxylation is 1. The minimum atomic E-state index is -4.50. The second-order valence-electron chi connectivity index (χ2n) is 7.82. The van der Waals surface area contributed by atoms with E-state index in [0.29, 0.717) is 16.6 Å². The average molecular weight is 444 g/mol. The second-order valence-corrected chi connectivity index (χ2v) is 7.82. The van der Waals surface area contributed by atoms with Gasteiger partial charge in [-0.2, -0.15) is 18.3 Å². The third kappa shape index (κ3) is 4.76. The summed E-state index contributed by atoms with van der Waals surface area (Å²) in [6.07, 6.45) is -0.312. The van der Waals surface area contributed by atoms with Gasteiger partial charge in [0, 0.05) is 24.9 Å². The van der Waals surface area contributed by atoms with Crippen LogP contribution >= 0.6 is 0 Å². The van der Waals surface area contributed by atoms with Crippen LogP contribution in [0.5, 0.6) is 0 Å². The normalized spacial score (nSPS) is 14.5. The predicted molar refractivity (Wildman–Crippen MR) is 117 cm³/mol. The summed E-state index contributed by atoms with van der Waals surface area (Å²) in [4.78, 5) is 26.6. The maximum atomic E-state index is 13.3. The molecule has 1 aromatic heterocycles. The number of carbonyl (C=O) groups excluding carboxylic acids is 1. The second kappa shape index (κ2) is 9.02. The van der Waals surface area contributed by atoms with Crippen LogP contribution in [0.3, 0.4) is 0 Å². The molecule has 0 unspecified atom stereocenters. The number of fused-ring (bicyclic) bond motifs is 1. The minimum Gasteiger partial charge on any atom is -0.370 e. The molecule has 2 heterocycles. The maximum absolute atomic E-state index is 13.3. The lowest BCUT2D eigenvalue weighted by Gasteiger charge is -2.31. The number of hydrogen-bond acceptors (Lipinski definition) is 4. The largest absolute Gasteiger partial charge is 0.416 e. The van der Waals surface area contributed by atoms with Gasteiger partial charge < -0.3 is 10.2 Å². The molecule has 3 aromatic rings. The van der Waals surface area contributed by atoms with Gasteiger partial charge >= 0.3 is 6.18 Å². The number of nitrogens with one attached hydrogen (secondary N) is 1. The van der Waals surface area contributed by atoms with Gasteiger partial charge in [0.1, 0.15) is 0 Å². The fourth-order valence-corrected chi connectivity index (χ4v) is 3.98. The molecule has 0 bridgehead atoms. The minimum absolute atomic E-state index is 0.00441. The van der Waals surface area contributed by atoms with E-state index in [2.05, 4.69) is 10.4 Å². The first-order valence-electron chi connectivity index (χ1n) is 10.5. The molecule has 9 heteroatoms. The first-order valence-corrected chi connectivity index (χ1v) is 10.5. The summed E-state index contributed by atoms with van der Waals surface area (Å²) >= 11 is 0. The van der Waals surface area contributed by atoms with Gasteiger partial charge in [0.05, 0.1) is 35.2 Å². The van der Waals surface area contributed by atoms with E-state index in [4.69, 9.17) is 0 Å². The van der Waals surface area contributed by atoms with Gasteiger partial charge in [0.25, 0.3) is 0 Å². The number of anilines is 2. The van der Waals surface area contributed by atoms with Gasteiger partial charge in [0.15, 0.2) is 0 Å². The van der Waals surface area contributed by atoms with Crippen molar-refractivity contribution in [3.8, 4) is 0 Å². The van der Waals surface area contributed by atoms with Crippen LogP contribution in [0, 0.1) is 0 Å². The summed E-state index contributed by atoms with van der Waals surface area (Å²) in [5.41, 5.74) is 0.335. The Labute approximate surface area is 182 Å². The molecule has 32 heavy (non-hydrogen) atoms. The standard InChI is InChI=1S/C23H23F3N4O2/c24-23(25,26)16-8-9-20(29-11-4-1-5-12-29)18(14-16)28-22(32)10-13-30-19-7-3-2-6-17(19)21(31)15-27-30/h2-3,6-9,14-15H,1,4-5,10-13H2,(H,28,32). The van der Waals surface area contributed by atoms with Crippen LogP contribution in [0.25, 0.3) is 10.9 Å². The number of nitrogens with zero attached hydrogens (tertiary/aromatic N) is 3. The molecule has 0 aliphatic carbocycles. The summed E-state index contributed by atoms with van der Waals surface area (Å²) in [6.45, 7) is 1.66. The Bertz CT molecular complexity index is 1180. The molecule has 1 N–H and O–H groups in total. The van der Waals surface area contributed by atoms with Crippen LogP contribution in [0.1, 0.15) is 31.2 Å². The van der Waals surface area contributed by atoms with E-state index in [1.807, 2.05) is 4.90 Å². The van der Waals surface area contributed by atoms with Crippen LogP contribution in [0.4, 0.5) is 24.5 Å². The van der Waals surface area contributed by atoms with Crippen molar-refractivity contribution in [1.82, 2.24) is 9.78 Å². The fourth-order valence-electron chi connectivity index (χ4n) is 3.98. The number of alkyl halides is 3. The van der Waals surface area contributed by atoms with E-state index < -0.39 is 17.6 Å². The van der Waals surface area contributed by atoms with E-state index in [-0.39, 0.29) is 24.1 Å². The third-order valence-electron chi connectivity index (χ3n) is 5.61. The number of para-hydroxylation sites is 1. The Kier molecular flexibility index (Phi) is 6.16. The first kappa shape index (κ1) is 21.9. The number of hydrogen-bond donors (Lipinski definition) is 1. The molecule has 1 saturated heterocycles. The highest BCUT2D eigenvalue weighted by Crippen LogP contribution is 2.36. The fraction of sp³-hybridized carbons (Fsp3) is 0.348. The average Bonchev–Trinajstić information content (AvgIpc) is 2.79. The number of rotatable bonds is 5. The first-order chi connectivity index (χ1) is 15.3. The molecule has 168 valence electrons. The summed E-state index contributed by atoms with van der Waals surface area (Å²) in [5, 5.41) is 7.25. The van der Waals surface area contributed by atoms with Crippen molar-refractivity contribution in [3.63, 3.8) is 0 Å². The van der Waals surface area contributed by atoms with Gasteiger partial charge in [-0.05, 0) is 49.6 Å². The van der Waals surface area contributed by atoms with Crippen molar-refractivity contribution in [2.75, 3.05) is 23.3 Å². The summed E-state index contributed by atoms with van der Waals surface area (Å²) in [5.74, 6) is -0.424. The Morgan fingerprint density at radius 1 is 1.06 bits per heavy atom. The monoisotopic (exact) mass is 444 g/mol. The van der Waals surface area contributed by atoms with Crippen LogP contribution < -0.4 is 15.6 Å². The summed E-state index contributed by atoms with van der Waals surface area (Å²) in [6, 6.07) is 10.4. The molecule has 1 amide bonds. The molecule has 6 nitrogen and oxygen atoms in total. The van der Waals surface area contributed by atoms with Crippen molar-refractivity contribution in [1.29, 1.82) is 0 Å². The zero-order chi connectivity index (χ0) is 22.7. The number of benzene rings is 2. The number of carbonyl (C=O) groups is 1. The van der Waals surface area contributed by atoms with Crippen molar-refractivity contribution < 1.29 is 18.0 Å². The SMILES string of the molecule is O=C(CCn1ncc(=O)c2ccccc21)Nc1cc(C(F)(F)F)ccc1N1CCCCC1. The zero-order valence-electron chi connectivity index (χ0n) is 17.4. The van der Waals surface area contributed by atoms with Crippen molar-refractivity contribution >= 4 is 28.2 Å². The highest BCUT2D eigenvalue weighted by Gasteiger charge is 2.31. The van der Waals surface area contributed by atoms with E-state index in [1.165, 1.54) is 12.3 Å². The van der Waals surface area contributed by atoms with Crippen LogP contribution in [-0.4, -0.2) is 28.8 Å². The highest BCUT2D eigenvalue weighted by molar-refractivity contribution is 5.94. The number of amides is 1. The van der Waals surface area contributed by atoms with Gasteiger partial charge in [-0.3, -0.25) is 14.3 Å². The summed E-state index contributed by atoms with van der Waals surface area (Å²) in [7, 11) is 0. The molecule has 0 atom stereocenters. The Hall–Kier alpha value is -3.36. The molecule has 1 aliphatic heterocycles. The maximum Gasteiger partial charge on any atom is 0.416 e. The van der Waals surface area contributed by atoms with Crippen LogP contribution in [0.15, 0.2) is 53.5 Å². The molecule has 0 spiro atoms. The van der Waals surface area contributed by atoms with Gasteiger partial charge in [-0.25, -0.2) is 0 Å². The topological polar surface area (TPSA) is 67.2 Å². The summed E-state index contributed by atoms with van der Waals surface area (Å²) < 4.78 is 41.3. The van der Waals surface area contributed by atoms with E-state index >= 15 is 0 Å². The molecule has 0 saturated carbocycles. The molecular weight excluding hydrogens is 421 g/mol. The Balaban J connectivity index is 1.54. The molecule has 4 rings (SSSR count). The van der Waals surface area contributed by atoms with E-state index in [9.17, 15) is 22.8 Å². The number of piperidine rings is 1. The van der Waals surface area contributed by atoms with E-state index in [1.54, 1.807) is 28.9 Å². The molecular formula is C23H23F3N4O2. The molecule has 1 aliphatic rings. The van der Waals surface area contributed by atoms with Crippen molar-refractivity contribution in [3.05, 3.63) is 64.4 Å². The van der Waals surface area contributed by atoms with Gasteiger partial charge in [0.2, 0.25) is 11.3 Å². The quantitative estimate of drug-likeness (QED) is 0.632. The van der Waals surface area contributed by atoms with Crippen LogP contribution in [0.2, 0.25) is 0 Å². The highest BCUT2D eigenvalue weighted by atomic mass is 19.4. The predicted octanol–water partition coefficient (Wildman–Crippen LogP) is 4.43. The lowest BCUT2D eigenvalue weighted by Crippen LogP contribution is -2.30. The van der Waals surface area contributed by atoms with Gasteiger partial charge in [-0.15, -0.1) is 0 Å². The van der Waals surface area contributed by atoms with Crippen molar-refractivity contribution in [2.24, 2.45) is 0 Å².